The molecule has 1 aromatic heterocycles. The minimum absolute atomic E-state index is 0.111. The summed E-state index contributed by atoms with van der Waals surface area (Å²) in [5.74, 6) is 1.42. The predicted octanol–water partition coefficient (Wildman–Crippen LogP) is 1.82. The van der Waals surface area contributed by atoms with E-state index in [1.807, 2.05) is 0 Å². The van der Waals surface area contributed by atoms with Crippen molar-refractivity contribution in [3.05, 3.63) is 28.4 Å². The van der Waals surface area contributed by atoms with Crippen molar-refractivity contribution in [2.24, 2.45) is 5.92 Å². The Morgan fingerprint density at radius 3 is 2.89 bits per heavy atom. The van der Waals surface area contributed by atoms with Crippen molar-refractivity contribution in [2.45, 2.75) is 19.8 Å². The molecular formula is C13H20N4O2. The maximum absolute atomic E-state index is 10.8. The molecule has 19 heavy (non-hydrogen) atoms. The van der Waals surface area contributed by atoms with Crippen molar-refractivity contribution in [1.82, 2.24) is 10.3 Å². The number of nitrogens with zero attached hydrogens (tertiary/aromatic N) is 3. The van der Waals surface area contributed by atoms with Crippen LogP contribution in [0, 0.1) is 16.0 Å². The normalized spacial score (nSPS) is 16.6. The van der Waals surface area contributed by atoms with Crippen LogP contribution in [0.25, 0.3) is 0 Å². The van der Waals surface area contributed by atoms with Crippen LogP contribution in [0.4, 0.5) is 11.5 Å². The van der Waals surface area contributed by atoms with Gasteiger partial charge in [0.1, 0.15) is 5.82 Å². The van der Waals surface area contributed by atoms with E-state index in [2.05, 4.69) is 22.1 Å². The van der Waals surface area contributed by atoms with E-state index in [9.17, 15) is 10.1 Å². The molecule has 0 saturated carbocycles. The molecule has 1 aliphatic rings. The molecule has 6 heteroatoms. The summed E-state index contributed by atoms with van der Waals surface area (Å²) in [6.45, 7) is 6.02. The third-order valence-corrected chi connectivity index (χ3v) is 3.56. The highest BCUT2D eigenvalue weighted by molar-refractivity contribution is 5.46. The van der Waals surface area contributed by atoms with Gasteiger partial charge in [0, 0.05) is 25.4 Å². The third kappa shape index (κ3) is 3.64. The minimum atomic E-state index is -0.372. The van der Waals surface area contributed by atoms with Gasteiger partial charge in [-0.25, -0.2) is 4.98 Å². The highest BCUT2D eigenvalue weighted by Crippen LogP contribution is 2.23. The zero-order valence-electron chi connectivity index (χ0n) is 11.2. The second kappa shape index (κ2) is 6.47. The van der Waals surface area contributed by atoms with Gasteiger partial charge in [0.05, 0.1) is 11.0 Å². The standard InChI is InChI=1S/C13H20N4O2/c1-2-14-10-11-4-7-16(8-5-11)13-9-12(17(18)19)3-6-15-13/h3,6,9,11,14H,2,4-5,7-8,10H2,1H3. The number of piperidine rings is 1. The van der Waals surface area contributed by atoms with E-state index in [0.717, 1.165) is 44.8 Å². The lowest BCUT2D eigenvalue weighted by Crippen LogP contribution is -2.37. The second-order valence-corrected chi connectivity index (χ2v) is 4.87. The largest absolute Gasteiger partial charge is 0.356 e. The van der Waals surface area contributed by atoms with Gasteiger partial charge >= 0.3 is 0 Å². The summed E-state index contributed by atoms with van der Waals surface area (Å²) >= 11 is 0. The Balaban J connectivity index is 1.94. The highest BCUT2D eigenvalue weighted by Gasteiger charge is 2.20. The summed E-state index contributed by atoms with van der Waals surface area (Å²) in [6.07, 6.45) is 3.73. The summed E-state index contributed by atoms with van der Waals surface area (Å²) in [5.41, 5.74) is 0.111. The minimum Gasteiger partial charge on any atom is -0.356 e. The molecule has 104 valence electrons. The van der Waals surface area contributed by atoms with Crippen LogP contribution < -0.4 is 10.2 Å². The number of anilines is 1. The SMILES string of the molecule is CCNCC1CCN(c2cc([N+](=O)[O-])ccn2)CC1. The quantitative estimate of drug-likeness (QED) is 0.648. The molecule has 2 rings (SSSR count). The summed E-state index contributed by atoms with van der Waals surface area (Å²) in [4.78, 5) is 16.8. The zero-order valence-corrected chi connectivity index (χ0v) is 11.2. The van der Waals surface area contributed by atoms with E-state index in [-0.39, 0.29) is 10.6 Å². The first kappa shape index (κ1) is 13.7. The molecule has 0 amide bonds. The number of aromatic nitrogens is 1. The molecule has 2 heterocycles. The Hall–Kier alpha value is -1.69. The van der Waals surface area contributed by atoms with Gasteiger partial charge in [-0.05, 0) is 31.8 Å². The van der Waals surface area contributed by atoms with Gasteiger partial charge in [-0.2, -0.15) is 0 Å². The van der Waals surface area contributed by atoms with Crippen LogP contribution in [0.5, 0.6) is 0 Å². The Labute approximate surface area is 113 Å². The van der Waals surface area contributed by atoms with Crippen LogP contribution in [-0.2, 0) is 0 Å². The van der Waals surface area contributed by atoms with Crippen molar-refractivity contribution < 1.29 is 4.92 Å². The van der Waals surface area contributed by atoms with Crippen LogP contribution in [0.2, 0.25) is 0 Å². The maximum Gasteiger partial charge on any atom is 0.274 e. The van der Waals surface area contributed by atoms with Gasteiger partial charge in [0.2, 0.25) is 0 Å². The van der Waals surface area contributed by atoms with Crippen LogP contribution in [0.3, 0.4) is 0 Å². The van der Waals surface area contributed by atoms with Crippen molar-refractivity contribution in [2.75, 3.05) is 31.1 Å². The molecule has 1 saturated heterocycles. The van der Waals surface area contributed by atoms with Gasteiger partial charge in [0.15, 0.2) is 0 Å². The number of nitrogens with one attached hydrogen (secondary N) is 1. The van der Waals surface area contributed by atoms with Crippen LogP contribution >= 0.6 is 0 Å². The molecule has 6 nitrogen and oxygen atoms in total. The lowest BCUT2D eigenvalue weighted by molar-refractivity contribution is -0.384. The van der Waals surface area contributed by atoms with E-state index in [0.29, 0.717) is 5.92 Å². The fourth-order valence-corrected chi connectivity index (χ4v) is 2.41. The van der Waals surface area contributed by atoms with Gasteiger partial charge in [-0.3, -0.25) is 10.1 Å². The second-order valence-electron chi connectivity index (χ2n) is 4.87. The Kier molecular flexibility index (Phi) is 4.68. The smallest absolute Gasteiger partial charge is 0.274 e. The van der Waals surface area contributed by atoms with E-state index in [1.165, 1.54) is 12.3 Å². The number of nitro groups is 1. The fraction of sp³-hybridized carbons (Fsp3) is 0.615. The first-order chi connectivity index (χ1) is 9.20. The van der Waals surface area contributed by atoms with Crippen molar-refractivity contribution in [3.8, 4) is 0 Å². The molecule has 0 spiro atoms. The van der Waals surface area contributed by atoms with Crippen LogP contribution in [-0.4, -0.2) is 36.1 Å². The number of pyridine rings is 1. The van der Waals surface area contributed by atoms with Gasteiger partial charge in [-0.1, -0.05) is 6.92 Å². The maximum atomic E-state index is 10.8. The Morgan fingerprint density at radius 1 is 1.53 bits per heavy atom. The number of hydrogen-bond donors (Lipinski definition) is 1. The molecular weight excluding hydrogens is 244 g/mol. The lowest BCUT2D eigenvalue weighted by Gasteiger charge is -2.32. The molecule has 0 aliphatic carbocycles. The van der Waals surface area contributed by atoms with E-state index in [4.69, 9.17) is 0 Å². The topological polar surface area (TPSA) is 71.3 Å². The summed E-state index contributed by atoms with van der Waals surface area (Å²) < 4.78 is 0. The van der Waals surface area contributed by atoms with Crippen molar-refractivity contribution in [3.63, 3.8) is 0 Å². The molecule has 1 aromatic rings. The monoisotopic (exact) mass is 264 g/mol. The predicted molar refractivity (Wildman–Crippen MR) is 74.4 cm³/mol. The number of hydrogen-bond acceptors (Lipinski definition) is 5. The number of rotatable bonds is 5. The first-order valence-corrected chi connectivity index (χ1v) is 6.76. The molecule has 0 radical (unpaired) electrons. The molecule has 1 N–H and O–H groups in total. The molecule has 0 bridgehead atoms. The molecule has 1 fully saturated rings. The van der Waals surface area contributed by atoms with Gasteiger partial charge < -0.3 is 10.2 Å². The van der Waals surface area contributed by atoms with Crippen LogP contribution in [0.1, 0.15) is 19.8 Å². The Bertz CT molecular complexity index is 430. The van der Waals surface area contributed by atoms with E-state index >= 15 is 0 Å². The van der Waals surface area contributed by atoms with E-state index < -0.39 is 0 Å². The fourth-order valence-electron chi connectivity index (χ4n) is 2.41. The van der Waals surface area contributed by atoms with Gasteiger partial charge in [-0.15, -0.1) is 0 Å². The summed E-state index contributed by atoms with van der Waals surface area (Å²) in [6, 6.07) is 2.99. The average Bonchev–Trinajstić information content (AvgIpc) is 2.46. The zero-order chi connectivity index (χ0) is 13.7. The lowest BCUT2D eigenvalue weighted by atomic mass is 9.97. The molecule has 0 aromatic carbocycles. The van der Waals surface area contributed by atoms with Crippen LogP contribution in [0.15, 0.2) is 18.3 Å². The van der Waals surface area contributed by atoms with E-state index in [1.54, 1.807) is 6.07 Å². The summed E-state index contributed by atoms with van der Waals surface area (Å²) in [7, 11) is 0. The summed E-state index contributed by atoms with van der Waals surface area (Å²) in [5, 5.41) is 14.1. The molecule has 1 aliphatic heterocycles. The highest BCUT2D eigenvalue weighted by atomic mass is 16.6. The average molecular weight is 264 g/mol. The van der Waals surface area contributed by atoms with Gasteiger partial charge in [0.25, 0.3) is 5.69 Å². The Morgan fingerprint density at radius 2 is 2.26 bits per heavy atom. The first-order valence-electron chi connectivity index (χ1n) is 6.76. The third-order valence-electron chi connectivity index (χ3n) is 3.56. The molecule has 0 atom stereocenters. The molecule has 0 unspecified atom stereocenters. The van der Waals surface area contributed by atoms with Crippen molar-refractivity contribution in [1.29, 1.82) is 0 Å². The van der Waals surface area contributed by atoms with Crippen molar-refractivity contribution >= 4 is 11.5 Å².